The summed E-state index contributed by atoms with van der Waals surface area (Å²) < 4.78 is 4.12. The molecule has 0 atom stereocenters. The first-order valence-corrected chi connectivity index (χ1v) is 7.19. The molecule has 2 aromatic rings. The van der Waals surface area contributed by atoms with Crippen LogP contribution in [-0.4, -0.2) is 33.2 Å². The quantitative estimate of drug-likeness (QED) is 0.848. The molecule has 0 radical (unpaired) electrons. The van der Waals surface area contributed by atoms with Crippen molar-refractivity contribution < 1.29 is 0 Å². The lowest BCUT2D eigenvalue weighted by Crippen LogP contribution is -2.26. The Morgan fingerprint density at radius 2 is 2.15 bits per heavy atom. The van der Waals surface area contributed by atoms with Crippen LogP contribution < -0.4 is 10.5 Å². The van der Waals surface area contributed by atoms with Gasteiger partial charge in [0.05, 0.1) is 34.3 Å². The molecule has 0 unspecified atom stereocenters. The van der Waals surface area contributed by atoms with E-state index in [1.807, 2.05) is 32.8 Å². The highest BCUT2D eigenvalue weighted by molar-refractivity contribution is 9.10. The minimum Gasteiger partial charge on any atom is -0.373 e. The van der Waals surface area contributed by atoms with Crippen LogP contribution in [0.3, 0.4) is 0 Å². The third kappa shape index (κ3) is 2.77. The van der Waals surface area contributed by atoms with E-state index in [0.717, 1.165) is 28.1 Å². The highest BCUT2D eigenvalue weighted by Crippen LogP contribution is 2.20. The summed E-state index contributed by atoms with van der Waals surface area (Å²) in [5, 5.41) is 8.55. The summed E-state index contributed by atoms with van der Waals surface area (Å²) >= 11 is 3.50. The van der Waals surface area contributed by atoms with Gasteiger partial charge in [0.2, 0.25) is 0 Å². The molecule has 0 N–H and O–H groups in total. The van der Waals surface area contributed by atoms with E-state index >= 15 is 0 Å². The van der Waals surface area contributed by atoms with Crippen LogP contribution in [0.5, 0.6) is 0 Å². The lowest BCUT2D eigenvalue weighted by atomic mass is 10.3. The van der Waals surface area contributed by atoms with Gasteiger partial charge < -0.3 is 4.90 Å². The second-order valence-corrected chi connectivity index (χ2v) is 5.49. The maximum atomic E-state index is 12.1. The van der Waals surface area contributed by atoms with E-state index in [1.54, 1.807) is 16.9 Å². The molecule has 0 aliphatic heterocycles. The first kappa shape index (κ1) is 14.8. The Balaban J connectivity index is 2.33. The minimum absolute atomic E-state index is 0.117. The van der Waals surface area contributed by atoms with Crippen LogP contribution in [0.15, 0.2) is 21.5 Å². The van der Waals surface area contributed by atoms with Gasteiger partial charge in [-0.25, -0.2) is 4.68 Å². The third-order valence-corrected chi connectivity index (χ3v) is 4.36. The van der Waals surface area contributed by atoms with E-state index in [9.17, 15) is 4.79 Å². The number of aromatic nitrogens is 4. The van der Waals surface area contributed by atoms with Crippen molar-refractivity contribution in [3.05, 3.63) is 38.5 Å². The molecule has 7 heteroatoms. The molecule has 6 nitrogen and oxygen atoms in total. The van der Waals surface area contributed by atoms with E-state index in [0.29, 0.717) is 6.54 Å². The van der Waals surface area contributed by atoms with Gasteiger partial charge in [0.1, 0.15) is 0 Å². The first-order valence-electron chi connectivity index (χ1n) is 6.40. The predicted octanol–water partition coefficient (Wildman–Crippen LogP) is 1.55. The fourth-order valence-electron chi connectivity index (χ4n) is 1.93. The Labute approximate surface area is 126 Å². The average molecular weight is 340 g/mol. The molecular formula is C13H18BrN5O. The number of rotatable bonds is 4. The minimum atomic E-state index is -0.117. The zero-order valence-electron chi connectivity index (χ0n) is 12.1. The van der Waals surface area contributed by atoms with Gasteiger partial charge in [0, 0.05) is 26.7 Å². The molecule has 0 spiro atoms. The SMILES string of the molecule is CCN(C)c1cnn(Cc2c(Br)c(C)nn2C)c(=O)c1. The zero-order valence-corrected chi connectivity index (χ0v) is 13.7. The number of nitrogens with zero attached hydrogens (tertiary/aromatic N) is 5. The summed E-state index contributed by atoms with van der Waals surface area (Å²) in [7, 11) is 3.79. The molecule has 2 rings (SSSR count). The van der Waals surface area contributed by atoms with Crippen molar-refractivity contribution in [1.82, 2.24) is 19.6 Å². The smallest absolute Gasteiger partial charge is 0.269 e. The highest BCUT2D eigenvalue weighted by atomic mass is 79.9. The van der Waals surface area contributed by atoms with E-state index < -0.39 is 0 Å². The van der Waals surface area contributed by atoms with Gasteiger partial charge in [-0.15, -0.1) is 0 Å². The van der Waals surface area contributed by atoms with E-state index in [1.165, 1.54) is 4.68 Å². The topological polar surface area (TPSA) is 56.0 Å². The summed E-state index contributed by atoms with van der Waals surface area (Å²) in [6, 6.07) is 1.60. The number of hydrogen-bond acceptors (Lipinski definition) is 4. The van der Waals surface area contributed by atoms with Crippen molar-refractivity contribution in [1.29, 1.82) is 0 Å². The van der Waals surface area contributed by atoms with Gasteiger partial charge in [0.15, 0.2) is 0 Å². The van der Waals surface area contributed by atoms with Crippen molar-refractivity contribution in [2.75, 3.05) is 18.5 Å². The van der Waals surface area contributed by atoms with Gasteiger partial charge in [-0.3, -0.25) is 9.48 Å². The molecule has 0 bridgehead atoms. The summed E-state index contributed by atoms with van der Waals surface area (Å²) in [4.78, 5) is 14.1. The monoisotopic (exact) mass is 339 g/mol. The molecule has 0 fully saturated rings. The molecule has 0 amide bonds. The average Bonchev–Trinajstić information content (AvgIpc) is 2.66. The van der Waals surface area contributed by atoms with Gasteiger partial charge in [-0.2, -0.15) is 10.2 Å². The number of halogens is 1. The van der Waals surface area contributed by atoms with Crippen LogP contribution in [0, 0.1) is 6.92 Å². The van der Waals surface area contributed by atoms with E-state index in [4.69, 9.17) is 0 Å². The van der Waals surface area contributed by atoms with Crippen LogP contribution in [0.4, 0.5) is 5.69 Å². The number of aryl methyl sites for hydroxylation is 2. The van der Waals surface area contributed by atoms with Crippen LogP contribution in [0.1, 0.15) is 18.3 Å². The Kier molecular flexibility index (Phi) is 4.27. The lowest BCUT2D eigenvalue weighted by molar-refractivity contribution is 0.588. The molecule has 0 aliphatic carbocycles. The van der Waals surface area contributed by atoms with Gasteiger partial charge in [-0.1, -0.05) is 0 Å². The molecule has 20 heavy (non-hydrogen) atoms. The Morgan fingerprint density at radius 1 is 1.45 bits per heavy atom. The number of anilines is 1. The van der Waals surface area contributed by atoms with E-state index in [-0.39, 0.29) is 5.56 Å². The highest BCUT2D eigenvalue weighted by Gasteiger charge is 2.12. The second-order valence-electron chi connectivity index (χ2n) is 4.69. The van der Waals surface area contributed by atoms with E-state index in [2.05, 4.69) is 26.1 Å². The summed E-state index contributed by atoms with van der Waals surface area (Å²) in [5.74, 6) is 0. The molecule has 0 aromatic carbocycles. The molecule has 0 aliphatic rings. The maximum absolute atomic E-state index is 12.1. The molecule has 2 heterocycles. The summed E-state index contributed by atoms with van der Waals surface area (Å²) in [6.45, 7) is 5.18. The Hall–Kier alpha value is -1.63. The predicted molar refractivity (Wildman–Crippen MR) is 82.2 cm³/mol. The zero-order chi connectivity index (χ0) is 14.9. The van der Waals surface area contributed by atoms with Gasteiger partial charge >= 0.3 is 0 Å². The van der Waals surface area contributed by atoms with Crippen molar-refractivity contribution in [3.8, 4) is 0 Å². The Bertz CT molecular complexity index is 676. The van der Waals surface area contributed by atoms with Crippen LogP contribution in [0.25, 0.3) is 0 Å². The first-order chi connectivity index (χ1) is 9.43. The number of hydrogen-bond donors (Lipinski definition) is 0. The Morgan fingerprint density at radius 3 is 2.65 bits per heavy atom. The van der Waals surface area contributed by atoms with Crippen molar-refractivity contribution >= 4 is 21.6 Å². The standard InChI is InChI=1S/C13H18BrN5O/c1-5-17(3)10-6-12(20)19(15-7-10)8-11-13(14)9(2)16-18(11)4/h6-7H,5,8H2,1-4H3. The largest absolute Gasteiger partial charge is 0.373 e. The summed E-state index contributed by atoms with van der Waals surface area (Å²) in [5.41, 5.74) is 2.54. The molecule has 2 aromatic heterocycles. The maximum Gasteiger partial charge on any atom is 0.269 e. The fourth-order valence-corrected chi connectivity index (χ4v) is 2.39. The lowest BCUT2D eigenvalue weighted by Gasteiger charge is -2.16. The summed E-state index contributed by atoms with van der Waals surface area (Å²) in [6.07, 6.45) is 1.71. The van der Waals surface area contributed by atoms with Crippen molar-refractivity contribution in [2.24, 2.45) is 7.05 Å². The molecule has 0 saturated heterocycles. The van der Waals surface area contributed by atoms with Gasteiger partial charge in [0.25, 0.3) is 5.56 Å². The molecular weight excluding hydrogens is 322 g/mol. The van der Waals surface area contributed by atoms with Crippen molar-refractivity contribution in [3.63, 3.8) is 0 Å². The van der Waals surface area contributed by atoms with Crippen molar-refractivity contribution in [2.45, 2.75) is 20.4 Å². The van der Waals surface area contributed by atoms with Gasteiger partial charge in [-0.05, 0) is 29.8 Å². The van der Waals surface area contributed by atoms with Crippen LogP contribution in [0.2, 0.25) is 0 Å². The normalized spacial score (nSPS) is 10.8. The molecule has 0 saturated carbocycles. The third-order valence-electron chi connectivity index (χ3n) is 3.33. The fraction of sp³-hybridized carbons (Fsp3) is 0.462. The van der Waals surface area contributed by atoms with Crippen LogP contribution in [-0.2, 0) is 13.6 Å². The van der Waals surface area contributed by atoms with Crippen LogP contribution >= 0.6 is 15.9 Å². The second kappa shape index (κ2) is 5.78. The molecule has 108 valence electrons.